The van der Waals surface area contributed by atoms with E-state index < -0.39 is 0 Å². The molecule has 0 spiro atoms. The summed E-state index contributed by atoms with van der Waals surface area (Å²) in [6, 6.07) is 8.19. The molecule has 1 saturated heterocycles. The zero-order valence-electron chi connectivity index (χ0n) is 14.8. The molecule has 128 valence electrons. The van der Waals surface area contributed by atoms with Crippen LogP contribution in [0, 0.1) is 6.92 Å². The minimum Gasteiger partial charge on any atom is -0.363 e. The van der Waals surface area contributed by atoms with Gasteiger partial charge in [-0.1, -0.05) is 6.07 Å². The lowest BCUT2D eigenvalue weighted by Gasteiger charge is -2.34. The molecule has 0 aromatic carbocycles. The van der Waals surface area contributed by atoms with Gasteiger partial charge in [0.15, 0.2) is 0 Å². The standard InChI is InChI=1S/C18H26N6/c1-15-5-4-6-16(20-15)8-10-23-11-13-24(14-12-23)18-19-9-7-17(21-18)22(2)3/h4-7,9H,8,10-14H2,1-3H3. The molecule has 3 rings (SSSR count). The van der Waals surface area contributed by atoms with Gasteiger partial charge >= 0.3 is 0 Å². The van der Waals surface area contributed by atoms with Gasteiger partial charge in [0.2, 0.25) is 5.95 Å². The van der Waals surface area contributed by atoms with E-state index in [4.69, 9.17) is 0 Å². The van der Waals surface area contributed by atoms with Crippen LogP contribution in [0.5, 0.6) is 0 Å². The number of anilines is 2. The zero-order chi connectivity index (χ0) is 16.9. The van der Waals surface area contributed by atoms with Gasteiger partial charge in [-0.3, -0.25) is 9.88 Å². The van der Waals surface area contributed by atoms with E-state index in [-0.39, 0.29) is 0 Å². The van der Waals surface area contributed by atoms with Crippen LogP contribution in [0.4, 0.5) is 11.8 Å². The Morgan fingerprint density at radius 2 is 1.83 bits per heavy atom. The molecule has 0 atom stereocenters. The Labute approximate surface area is 144 Å². The first-order valence-corrected chi connectivity index (χ1v) is 8.52. The van der Waals surface area contributed by atoms with Crippen molar-refractivity contribution in [2.75, 3.05) is 56.6 Å². The SMILES string of the molecule is Cc1cccc(CCN2CCN(c3nccc(N(C)C)n3)CC2)n1. The number of piperazine rings is 1. The highest BCUT2D eigenvalue weighted by molar-refractivity contribution is 5.42. The molecule has 0 radical (unpaired) electrons. The molecule has 0 aliphatic carbocycles. The minimum atomic E-state index is 0.834. The Hall–Kier alpha value is -2.21. The van der Waals surface area contributed by atoms with E-state index >= 15 is 0 Å². The molecule has 0 bridgehead atoms. The van der Waals surface area contributed by atoms with Crippen LogP contribution in [0.3, 0.4) is 0 Å². The summed E-state index contributed by atoms with van der Waals surface area (Å²) in [6.07, 6.45) is 2.85. The van der Waals surface area contributed by atoms with E-state index in [9.17, 15) is 0 Å². The van der Waals surface area contributed by atoms with Crippen LogP contribution in [-0.2, 0) is 6.42 Å². The Morgan fingerprint density at radius 1 is 1.04 bits per heavy atom. The molecule has 0 amide bonds. The van der Waals surface area contributed by atoms with Crippen LogP contribution in [0.15, 0.2) is 30.5 Å². The quantitative estimate of drug-likeness (QED) is 0.832. The molecular weight excluding hydrogens is 300 g/mol. The second-order valence-corrected chi connectivity index (χ2v) is 6.46. The van der Waals surface area contributed by atoms with Crippen molar-refractivity contribution in [1.29, 1.82) is 0 Å². The zero-order valence-corrected chi connectivity index (χ0v) is 14.8. The lowest BCUT2D eigenvalue weighted by Crippen LogP contribution is -2.47. The Balaban J connectivity index is 1.51. The average molecular weight is 326 g/mol. The van der Waals surface area contributed by atoms with Gasteiger partial charge in [0.25, 0.3) is 0 Å². The van der Waals surface area contributed by atoms with Crippen LogP contribution < -0.4 is 9.80 Å². The molecule has 6 heteroatoms. The predicted octanol–water partition coefficient (Wildman–Crippen LogP) is 1.61. The molecule has 1 aliphatic rings. The fourth-order valence-corrected chi connectivity index (χ4v) is 2.92. The Bertz CT molecular complexity index is 664. The first kappa shape index (κ1) is 16.6. The lowest BCUT2D eigenvalue weighted by atomic mass is 10.2. The highest BCUT2D eigenvalue weighted by atomic mass is 15.3. The van der Waals surface area contributed by atoms with Gasteiger partial charge in [0, 0.05) is 70.8 Å². The molecule has 2 aromatic heterocycles. The van der Waals surface area contributed by atoms with Crippen molar-refractivity contribution in [2.45, 2.75) is 13.3 Å². The third-order valence-corrected chi connectivity index (χ3v) is 4.37. The molecule has 0 unspecified atom stereocenters. The summed E-state index contributed by atoms with van der Waals surface area (Å²) in [5.41, 5.74) is 2.27. The van der Waals surface area contributed by atoms with Crippen molar-refractivity contribution < 1.29 is 0 Å². The van der Waals surface area contributed by atoms with Gasteiger partial charge in [0.05, 0.1) is 0 Å². The monoisotopic (exact) mass is 326 g/mol. The van der Waals surface area contributed by atoms with Crippen molar-refractivity contribution in [3.63, 3.8) is 0 Å². The Kier molecular flexibility index (Phi) is 5.25. The molecule has 1 fully saturated rings. The molecule has 0 N–H and O–H groups in total. The summed E-state index contributed by atoms with van der Waals surface area (Å²) in [6.45, 7) is 7.13. The van der Waals surface area contributed by atoms with Crippen molar-refractivity contribution in [3.05, 3.63) is 41.9 Å². The van der Waals surface area contributed by atoms with E-state index in [1.54, 1.807) is 0 Å². The number of aryl methyl sites for hydroxylation is 1. The van der Waals surface area contributed by atoms with Crippen molar-refractivity contribution in [2.24, 2.45) is 0 Å². The van der Waals surface area contributed by atoms with Gasteiger partial charge in [-0.15, -0.1) is 0 Å². The summed E-state index contributed by atoms with van der Waals surface area (Å²) in [5.74, 6) is 1.79. The van der Waals surface area contributed by atoms with E-state index in [2.05, 4.69) is 36.9 Å². The molecule has 6 nitrogen and oxygen atoms in total. The van der Waals surface area contributed by atoms with E-state index in [1.165, 1.54) is 5.69 Å². The second-order valence-electron chi connectivity index (χ2n) is 6.46. The summed E-state index contributed by atoms with van der Waals surface area (Å²) >= 11 is 0. The van der Waals surface area contributed by atoms with Gasteiger partial charge in [-0.2, -0.15) is 4.98 Å². The average Bonchev–Trinajstić information content (AvgIpc) is 2.60. The smallest absolute Gasteiger partial charge is 0.227 e. The van der Waals surface area contributed by atoms with Crippen LogP contribution >= 0.6 is 0 Å². The highest BCUT2D eigenvalue weighted by Crippen LogP contribution is 2.15. The van der Waals surface area contributed by atoms with Gasteiger partial charge < -0.3 is 9.80 Å². The van der Waals surface area contributed by atoms with Gasteiger partial charge in [0.1, 0.15) is 5.82 Å². The molecule has 0 saturated carbocycles. The molecule has 24 heavy (non-hydrogen) atoms. The first-order valence-electron chi connectivity index (χ1n) is 8.52. The minimum absolute atomic E-state index is 0.834. The van der Waals surface area contributed by atoms with Crippen molar-refractivity contribution >= 4 is 11.8 Å². The van der Waals surface area contributed by atoms with Crippen LogP contribution in [0.2, 0.25) is 0 Å². The molecule has 2 aromatic rings. The summed E-state index contributed by atoms with van der Waals surface area (Å²) in [5, 5.41) is 0. The van der Waals surface area contributed by atoms with E-state index in [1.807, 2.05) is 44.2 Å². The molecule has 1 aliphatic heterocycles. The van der Waals surface area contributed by atoms with Gasteiger partial charge in [-0.25, -0.2) is 4.98 Å². The maximum absolute atomic E-state index is 4.64. The van der Waals surface area contributed by atoms with E-state index in [0.717, 1.165) is 56.6 Å². The van der Waals surface area contributed by atoms with Gasteiger partial charge in [-0.05, 0) is 25.1 Å². The number of rotatable bonds is 5. The number of aromatic nitrogens is 3. The third-order valence-electron chi connectivity index (χ3n) is 4.37. The molecule has 3 heterocycles. The lowest BCUT2D eigenvalue weighted by molar-refractivity contribution is 0.259. The second kappa shape index (κ2) is 7.57. The predicted molar refractivity (Wildman–Crippen MR) is 97.7 cm³/mol. The number of hydrogen-bond donors (Lipinski definition) is 0. The largest absolute Gasteiger partial charge is 0.363 e. The summed E-state index contributed by atoms with van der Waals surface area (Å²) in [4.78, 5) is 20.4. The van der Waals surface area contributed by atoms with Crippen LogP contribution in [0.1, 0.15) is 11.4 Å². The fourth-order valence-electron chi connectivity index (χ4n) is 2.92. The van der Waals surface area contributed by atoms with Crippen molar-refractivity contribution in [3.8, 4) is 0 Å². The number of hydrogen-bond acceptors (Lipinski definition) is 6. The topological polar surface area (TPSA) is 48.4 Å². The fraction of sp³-hybridized carbons (Fsp3) is 0.500. The third kappa shape index (κ3) is 4.20. The maximum Gasteiger partial charge on any atom is 0.227 e. The van der Waals surface area contributed by atoms with E-state index in [0.29, 0.717) is 0 Å². The Morgan fingerprint density at radius 3 is 2.54 bits per heavy atom. The maximum atomic E-state index is 4.64. The number of pyridine rings is 1. The molecular formula is C18H26N6. The normalized spacial score (nSPS) is 15.5. The highest BCUT2D eigenvalue weighted by Gasteiger charge is 2.19. The van der Waals surface area contributed by atoms with Crippen LogP contribution in [0.25, 0.3) is 0 Å². The number of nitrogens with zero attached hydrogens (tertiary/aromatic N) is 6. The first-order chi connectivity index (χ1) is 11.6. The summed E-state index contributed by atoms with van der Waals surface area (Å²) in [7, 11) is 4.01. The summed E-state index contributed by atoms with van der Waals surface area (Å²) < 4.78 is 0. The van der Waals surface area contributed by atoms with Crippen LogP contribution in [-0.4, -0.2) is 66.7 Å². The van der Waals surface area contributed by atoms with Crippen molar-refractivity contribution in [1.82, 2.24) is 19.9 Å².